The number of carbonyl (C=O) groups is 1. The van der Waals surface area contributed by atoms with Gasteiger partial charge in [0.2, 0.25) is 0 Å². The largest absolute Gasteiger partial charge is 0.497 e. The van der Waals surface area contributed by atoms with E-state index in [-0.39, 0.29) is 5.91 Å². The topological polar surface area (TPSA) is 48.0 Å². The molecule has 2 aromatic rings. The van der Waals surface area contributed by atoms with E-state index in [1.54, 1.807) is 12.0 Å². The van der Waals surface area contributed by atoms with Crippen LogP contribution >= 0.6 is 24.0 Å². The quantitative estimate of drug-likeness (QED) is 0.362. The molecule has 0 N–H and O–H groups in total. The zero-order chi connectivity index (χ0) is 19.9. The number of hydrogen-bond donors (Lipinski definition) is 0. The van der Waals surface area contributed by atoms with Crippen LogP contribution in [0.25, 0.3) is 6.08 Å². The number of amides is 1. The number of thiocarbonyl (C=S) groups is 1. The van der Waals surface area contributed by atoms with Crippen molar-refractivity contribution in [2.24, 2.45) is 0 Å². The second kappa shape index (κ2) is 9.61. The molecule has 146 valence electrons. The molecule has 3 rings (SSSR count). The van der Waals surface area contributed by atoms with Crippen molar-refractivity contribution in [2.45, 2.75) is 6.92 Å². The Kier molecular flexibility index (Phi) is 6.95. The lowest BCUT2D eigenvalue weighted by Gasteiger charge is -2.10. The SMILES string of the molecule is CCN1C(=O)C(=Cc2cccc(OCCOc3ccc(OC)cc3)c2)SC1=S. The highest BCUT2D eigenvalue weighted by Gasteiger charge is 2.30. The molecule has 5 nitrogen and oxygen atoms in total. The average molecular weight is 416 g/mol. The van der Waals surface area contributed by atoms with Gasteiger partial charge in [-0.15, -0.1) is 0 Å². The molecule has 0 bridgehead atoms. The van der Waals surface area contributed by atoms with Crippen molar-refractivity contribution in [3.63, 3.8) is 0 Å². The number of ether oxygens (including phenoxy) is 3. The molecule has 1 amide bonds. The van der Waals surface area contributed by atoms with E-state index in [2.05, 4.69) is 0 Å². The third-order valence-corrected chi connectivity index (χ3v) is 5.40. The van der Waals surface area contributed by atoms with E-state index in [0.29, 0.717) is 29.0 Å². The number of likely N-dealkylation sites (N-methyl/N-ethyl adjacent to an activating group) is 1. The van der Waals surface area contributed by atoms with E-state index >= 15 is 0 Å². The number of rotatable bonds is 8. The maximum Gasteiger partial charge on any atom is 0.266 e. The van der Waals surface area contributed by atoms with Crippen molar-refractivity contribution in [3.8, 4) is 17.2 Å². The van der Waals surface area contributed by atoms with E-state index in [1.165, 1.54) is 11.8 Å². The Bertz CT molecular complexity index is 880. The van der Waals surface area contributed by atoms with Gasteiger partial charge in [0.25, 0.3) is 5.91 Å². The van der Waals surface area contributed by atoms with Gasteiger partial charge in [-0.05, 0) is 55.0 Å². The number of carbonyl (C=O) groups excluding carboxylic acids is 1. The second-order valence-corrected chi connectivity index (χ2v) is 7.55. The minimum absolute atomic E-state index is 0.0447. The zero-order valence-corrected chi connectivity index (χ0v) is 17.3. The predicted octanol–water partition coefficient (Wildman–Crippen LogP) is 4.37. The van der Waals surface area contributed by atoms with Crippen LogP contribution in [0.3, 0.4) is 0 Å². The number of benzene rings is 2. The summed E-state index contributed by atoms with van der Waals surface area (Å²) in [7, 11) is 1.63. The van der Waals surface area contributed by atoms with Crippen LogP contribution in [0.5, 0.6) is 17.2 Å². The lowest BCUT2D eigenvalue weighted by atomic mass is 10.2. The Morgan fingerprint density at radius 3 is 2.36 bits per heavy atom. The summed E-state index contributed by atoms with van der Waals surface area (Å²) in [6.45, 7) is 3.33. The van der Waals surface area contributed by atoms with Crippen LogP contribution in [0.1, 0.15) is 12.5 Å². The van der Waals surface area contributed by atoms with Crippen LogP contribution in [0.2, 0.25) is 0 Å². The van der Waals surface area contributed by atoms with Gasteiger partial charge in [-0.3, -0.25) is 9.69 Å². The van der Waals surface area contributed by atoms with Gasteiger partial charge < -0.3 is 14.2 Å². The predicted molar refractivity (Wildman–Crippen MR) is 116 cm³/mol. The summed E-state index contributed by atoms with van der Waals surface area (Å²) in [6, 6.07) is 15.0. The third-order valence-electron chi connectivity index (χ3n) is 4.03. The van der Waals surface area contributed by atoms with E-state index in [1.807, 2.05) is 61.5 Å². The van der Waals surface area contributed by atoms with Crippen molar-refractivity contribution >= 4 is 40.3 Å². The molecular weight excluding hydrogens is 394 g/mol. The van der Waals surface area contributed by atoms with Crippen molar-refractivity contribution in [3.05, 3.63) is 59.0 Å². The first-order chi connectivity index (χ1) is 13.6. The number of nitrogens with zero attached hydrogens (tertiary/aromatic N) is 1. The third kappa shape index (κ3) is 5.05. The highest BCUT2D eigenvalue weighted by Crippen LogP contribution is 2.32. The summed E-state index contributed by atoms with van der Waals surface area (Å²) >= 11 is 6.57. The summed E-state index contributed by atoms with van der Waals surface area (Å²) in [5.74, 6) is 2.22. The Morgan fingerprint density at radius 1 is 1.04 bits per heavy atom. The molecule has 0 spiro atoms. The monoisotopic (exact) mass is 415 g/mol. The van der Waals surface area contributed by atoms with Crippen molar-refractivity contribution in [2.75, 3.05) is 26.9 Å². The molecule has 0 aromatic heterocycles. The minimum atomic E-state index is -0.0447. The van der Waals surface area contributed by atoms with Crippen molar-refractivity contribution in [1.29, 1.82) is 0 Å². The highest BCUT2D eigenvalue weighted by molar-refractivity contribution is 8.26. The first-order valence-electron chi connectivity index (χ1n) is 8.86. The van der Waals surface area contributed by atoms with Gasteiger partial charge in [-0.1, -0.05) is 36.1 Å². The smallest absolute Gasteiger partial charge is 0.266 e. The van der Waals surface area contributed by atoms with Crippen molar-refractivity contribution < 1.29 is 19.0 Å². The maximum absolute atomic E-state index is 12.3. The molecule has 1 heterocycles. The van der Waals surface area contributed by atoms with Gasteiger partial charge >= 0.3 is 0 Å². The molecule has 1 aliphatic heterocycles. The Hall–Kier alpha value is -2.51. The summed E-state index contributed by atoms with van der Waals surface area (Å²) in [4.78, 5) is 14.5. The molecule has 28 heavy (non-hydrogen) atoms. The summed E-state index contributed by atoms with van der Waals surface area (Å²) < 4.78 is 17.1. The first-order valence-corrected chi connectivity index (χ1v) is 10.1. The molecule has 7 heteroatoms. The molecular formula is C21H21NO4S2. The molecule has 1 saturated heterocycles. The Morgan fingerprint density at radius 2 is 1.71 bits per heavy atom. The standard InChI is InChI=1S/C21H21NO4S2/c1-3-22-20(23)19(28-21(22)27)14-15-5-4-6-18(13-15)26-12-11-25-17-9-7-16(24-2)8-10-17/h4-10,13-14H,3,11-12H2,1-2H3. The van der Waals surface area contributed by atoms with Crippen LogP contribution in [0.4, 0.5) is 0 Å². The molecule has 2 aromatic carbocycles. The van der Waals surface area contributed by atoms with Crippen LogP contribution in [0.15, 0.2) is 53.4 Å². The van der Waals surface area contributed by atoms with Gasteiger partial charge in [-0.25, -0.2) is 0 Å². The highest BCUT2D eigenvalue weighted by atomic mass is 32.2. The number of thioether (sulfide) groups is 1. The normalized spacial score (nSPS) is 15.2. The van der Waals surface area contributed by atoms with Crippen LogP contribution in [-0.2, 0) is 4.79 Å². The second-order valence-electron chi connectivity index (χ2n) is 5.87. The van der Waals surface area contributed by atoms with Gasteiger partial charge in [0.1, 0.15) is 34.8 Å². The van der Waals surface area contributed by atoms with Crippen molar-refractivity contribution in [1.82, 2.24) is 4.90 Å². The first kappa shape index (κ1) is 20.2. The van der Waals surface area contributed by atoms with E-state index in [0.717, 1.165) is 22.8 Å². The van der Waals surface area contributed by atoms with Crippen LogP contribution in [-0.4, -0.2) is 42.0 Å². The van der Waals surface area contributed by atoms with Gasteiger partial charge in [0.05, 0.1) is 12.0 Å². The fraction of sp³-hybridized carbons (Fsp3) is 0.238. The molecule has 0 saturated carbocycles. The Balaban J connectivity index is 1.54. The van der Waals surface area contributed by atoms with Crippen LogP contribution < -0.4 is 14.2 Å². The van der Waals surface area contributed by atoms with E-state index in [9.17, 15) is 4.79 Å². The lowest BCUT2D eigenvalue weighted by molar-refractivity contribution is -0.121. The molecule has 1 aliphatic rings. The molecule has 0 unspecified atom stereocenters. The fourth-order valence-electron chi connectivity index (χ4n) is 2.61. The average Bonchev–Trinajstić information content (AvgIpc) is 2.98. The van der Waals surface area contributed by atoms with E-state index in [4.69, 9.17) is 26.4 Å². The van der Waals surface area contributed by atoms with Gasteiger partial charge in [0.15, 0.2) is 0 Å². The Labute approximate surface area is 174 Å². The zero-order valence-electron chi connectivity index (χ0n) is 15.7. The van der Waals surface area contributed by atoms with Crippen LogP contribution in [0, 0.1) is 0 Å². The molecule has 1 fully saturated rings. The molecule has 0 atom stereocenters. The molecule has 0 aliphatic carbocycles. The summed E-state index contributed by atoms with van der Waals surface area (Å²) in [6.07, 6.45) is 1.84. The van der Waals surface area contributed by atoms with Gasteiger partial charge in [0, 0.05) is 6.54 Å². The van der Waals surface area contributed by atoms with Gasteiger partial charge in [-0.2, -0.15) is 0 Å². The summed E-state index contributed by atoms with van der Waals surface area (Å²) in [5.41, 5.74) is 0.894. The summed E-state index contributed by atoms with van der Waals surface area (Å²) in [5, 5.41) is 0. The number of hydrogen-bond acceptors (Lipinski definition) is 6. The minimum Gasteiger partial charge on any atom is -0.497 e. The lowest BCUT2D eigenvalue weighted by Crippen LogP contribution is -2.27. The maximum atomic E-state index is 12.3. The molecule has 0 radical (unpaired) electrons. The fourth-order valence-corrected chi connectivity index (χ4v) is 3.99. The van der Waals surface area contributed by atoms with E-state index < -0.39 is 0 Å². The number of methoxy groups -OCH3 is 1.